The van der Waals surface area contributed by atoms with Crippen LogP contribution in [0.3, 0.4) is 0 Å². The number of aromatic nitrogens is 1. The highest BCUT2D eigenvalue weighted by Crippen LogP contribution is 2.24. The lowest BCUT2D eigenvalue weighted by Gasteiger charge is -2.01. The van der Waals surface area contributed by atoms with Crippen molar-refractivity contribution < 1.29 is 8.78 Å². The summed E-state index contributed by atoms with van der Waals surface area (Å²) in [6.07, 6.45) is -2.77. The summed E-state index contributed by atoms with van der Waals surface area (Å²) in [6, 6.07) is 1.14. The maximum absolute atomic E-state index is 12.1. The van der Waals surface area contributed by atoms with Crippen LogP contribution in [0.4, 0.5) is 8.78 Å². The van der Waals surface area contributed by atoms with Gasteiger partial charge in [-0.15, -0.1) is 0 Å². The van der Waals surface area contributed by atoms with Crippen molar-refractivity contribution in [1.29, 1.82) is 0 Å². The molecule has 2 nitrogen and oxygen atoms in total. The summed E-state index contributed by atoms with van der Waals surface area (Å²) in [6.45, 7) is 0. The SMILES string of the molecule is O=c1[nH]c(C(F)F)c(Cl)cc1Br. The molecular weight excluding hydrogens is 255 g/mol. The fourth-order valence-corrected chi connectivity index (χ4v) is 1.35. The minimum atomic E-state index is -2.77. The molecule has 0 radical (unpaired) electrons. The van der Waals surface area contributed by atoms with Gasteiger partial charge in [-0.3, -0.25) is 4.79 Å². The summed E-state index contributed by atoms with van der Waals surface area (Å²) >= 11 is 8.27. The molecule has 0 amide bonds. The van der Waals surface area contributed by atoms with E-state index in [0.29, 0.717) is 0 Å². The van der Waals surface area contributed by atoms with Gasteiger partial charge in [0.05, 0.1) is 9.50 Å². The first-order chi connectivity index (χ1) is 5.52. The van der Waals surface area contributed by atoms with Crippen LogP contribution in [0.5, 0.6) is 0 Å². The summed E-state index contributed by atoms with van der Waals surface area (Å²) < 4.78 is 24.3. The fraction of sp³-hybridized carbons (Fsp3) is 0.167. The van der Waals surface area contributed by atoms with Gasteiger partial charge in [0.1, 0.15) is 5.69 Å². The quantitative estimate of drug-likeness (QED) is 0.825. The molecule has 0 bridgehead atoms. The third-order valence-electron chi connectivity index (χ3n) is 1.19. The number of alkyl halides is 2. The molecule has 0 unspecified atom stereocenters. The average Bonchev–Trinajstić information content (AvgIpc) is 1.96. The summed E-state index contributed by atoms with van der Waals surface area (Å²) in [5.74, 6) is 0. The molecule has 1 aromatic heterocycles. The van der Waals surface area contributed by atoms with Crippen LogP contribution in [0.2, 0.25) is 5.02 Å². The van der Waals surface area contributed by atoms with Crippen LogP contribution in [0.1, 0.15) is 12.1 Å². The van der Waals surface area contributed by atoms with Gasteiger partial charge in [-0.25, -0.2) is 8.78 Å². The Morgan fingerprint density at radius 2 is 2.17 bits per heavy atom. The van der Waals surface area contributed by atoms with Gasteiger partial charge >= 0.3 is 0 Å². The van der Waals surface area contributed by atoms with Gasteiger partial charge in [-0.2, -0.15) is 0 Å². The number of hydrogen-bond acceptors (Lipinski definition) is 1. The van der Waals surface area contributed by atoms with Crippen molar-refractivity contribution in [3.8, 4) is 0 Å². The van der Waals surface area contributed by atoms with E-state index in [2.05, 4.69) is 15.9 Å². The number of pyridine rings is 1. The van der Waals surface area contributed by atoms with Crippen LogP contribution in [-0.4, -0.2) is 4.98 Å². The van der Waals surface area contributed by atoms with E-state index in [4.69, 9.17) is 11.6 Å². The van der Waals surface area contributed by atoms with Gasteiger partial charge < -0.3 is 4.98 Å². The van der Waals surface area contributed by atoms with E-state index in [9.17, 15) is 13.6 Å². The molecule has 0 saturated heterocycles. The Labute approximate surface area is 79.7 Å². The topological polar surface area (TPSA) is 32.9 Å². The van der Waals surface area contributed by atoms with E-state index in [1.165, 1.54) is 0 Å². The first kappa shape index (κ1) is 9.67. The first-order valence-corrected chi connectivity index (χ1v) is 4.06. The van der Waals surface area contributed by atoms with E-state index in [0.717, 1.165) is 6.07 Å². The van der Waals surface area contributed by atoms with Crippen LogP contribution in [0, 0.1) is 0 Å². The normalized spacial score (nSPS) is 10.8. The molecule has 0 aliphatic rings. The number of hydrogen-bond donors (Lipinski definition) is 1. The van der Waals surface area contributed by atoms with Gasteiger partial charge in [0, 0.05) is 0 Å². The van der Waals surface area contributed by atoms with Crippen LogP contribution >= 0.6 is 27.5 Å². The molecule has 0 aliphatic heterocycles. The fourth-order valence-electron chi connectivity index (χ4n) is 0.655. The third-order valence-corrected chi connectivity index (χ3v) is 2.10. The molecule has 12 heavy (non-hydrogen) atoms. The zero-order chi connectivity index (χ0) is 9.30. The number of nitrogens with one attached hydrogen (secondary N) is 1. The van der Waals surface area contributed by atoms with Crippen molar-refractivity contribution in [2.75, 3.05) is 0 Å². The highest BCUT2D eigenvalue weighted by molar-refractivity contribution is 9.10. The van der Waals surface area contributed by atoms with Gasteiger partial charge in [-0.05, 0) is 22.0 Å². The minimum absolute atomic E-state index is 0.136. The van der Waals surface area contributed by atoms with E-state index in [1.807, 2.05) is 4.98 Å². The van der Waals surface area contributed by atoms with Crippen molar-refractivity contribution in [3.63, 3.8) is 0 Å². The van der Waals surface area contributed by atoms with Crippen molar-refractivity contribution in [3.05, 3.63) is 31.6 Å². The molecule has 0 aromatic carbocycles. The van der Waals surface area contributed by atoms with Crippen LogP contribution < -0.4 is 5.56 Å². The average molecular weight is 258 g/mol. The maximum Gasteiger partial charge on any atom is 0.279 e. The monoisotopic (exact) mass is 257 g/mol. The molecule has 1 N–H and O–H groups in total. The second kappa shape index (κ2) is 3.53. The van der Waals surface area contributed by atoms with Crippen molar-refractivity contribution >= 4 is 27.5 Å². The van der Waals surface area contributed by atoms with Crippen molar-refractivity contribution in [1.82, 2.24) is 4.98 Å². The second-order valence-electron chi connectivity index (χ2n) is 2.01. The largest absolute Gasteiger partial charge is 0.319 e. The van der Waals surface area contributed by atoms with Gasteiger partial charge in [0.2, 0.25) is 0 Å². The summed E-state index contributed by atoms with van der Waals surface area (Å²) in [4.78, 5) is 12.8. The molecule has 1 rings (SSSR count). The molecule has 0 aliphatic carbocycles. The van der Waals surface area contributed by atoms with E-state index < -0.39 is 17.7 Å². The smallest absolute Gasteiger partial charge is 0.279 e. The van der Waals surface area contributed by atoms with E-state index >= 15 is 0 Å². The Morgan fingerprint density at radius 1 is 1.58 bits per heavy atom. The molecule has 66 valence electrons. The standard InChI is InChI=1S/C6H3BrClF2NO/c7-2-1-3(8)4(5(9)10)11-6(2)12/h1,5H,(H,11,12). The summed E-state index contributed by atoms with van der Waals surface area (Å²) in [5.41, 5.74) is -1.17. The van der Waals surface area contributed by atoms with E-state index in [1.54, 1.807) is 0 Å². The lowest BCUT2D eigenvalue weighted by atomic mass is 10.3. The third kappa shape index (κ3) is 1.84. The number of aromatic amines is 1. The van der Waals surface area contributed by atoms with Crippen molar-refractivity contribution in [2.24, 2.45) is 0 Å². The first-order valence-electron chi connectivity index (χ1n) is 2.88. The molecule has 0 saturated carbocycles. The molecular formula is C6H3BrClF2NO. The molecule has 0 atom stereocenters. The van der Waals surface area contributed by atoms with Crippen LogP contribution in [0.15, 0.2) is 15.3 Å². The summed E-state index contributed by atoms with van der Waals surface area (Å²) in [5, 5.41) is -0.156. The molecule has 6 heteroatoms. The number of H-pyrrole nitrogens is 1. The Balaban J connectivity index is 3.33. The number of halogens is 4. The zero-order valence-electron chi connectivity index (χ0n) is 5.57. The van der Waals surface area contributed by atoms with Crippen LogP contribution in [-0.2, 0) is 0 Å². The zero-order valence-corrected chi connectivity index (χ0v) is 7.92. The lowest BCUT2D eigenvalue weighted by molar-refractivity contribution is 0.146. The highest BCUT2D eigenvalue weighted by Gasteiger charge is 2.13. The van der Waals surface area contributed by atoms with Gasteiger partial charge in [0.15, 0.2) is 0 Å². The molecule has 0 fully saturated rings. The second-order valence-corrected chi connectivity index (χ2v) is 3.27. The molecule has 1 heterocycles. The van der Waals surface area contributed by atoms with E-state index in [-0.39, 0.29) is 9.50 Å². The summed E-state index contributed by atoms with van der Waals surface area (Å²) in [7, 11) is 0. The predicted octanol–water partition coefficient (Wildman–Crippen LogP) is 2.73. The molecule has 0 spiro atoms. The Bertz CT molecular complexity index is 352. The number of rotatable bonds is 1. The minimum Gasteiger partial charge on any atom is -0.319 e. The van der Waals surface area contributed by atoms with Crippen molar-refractivity contribution in [2.45, 2.75) is 6.43 Å². The van der Waals surface area contributed by atoms with Gasteiger partial charge in [0.25, 0.3) is 12.0 Å². The van der Waals surface area contributed by atoms with Crippen LogP contribution in [0.25, 0.3) is 0 Å². The Morgan fingerprint density at radius 3 is 2.67 bits per heavy atom. The Kier molecular flexibility index (Phi) is 2.85. The molecule has 1 aromatic rings. The predicted molar refractivity (Wildman–Crippen MR) is 44.7 cm³/mol. The van der Waals surface area contributed by atoms with Gasteiger partial charge in [-0.1, -0.05) is 11.6 Å². The lowest BCUT2D eigenvalue weighted by Crippen LogP contribution is -2.10. The Hall–Kier alpha value is -0.420. The maximum atomic E-state index is 12.1. The highest BCUT2D eigenvalue weighted by atomic mass is 79.9.